The quantitative estimate of drug-likeness (QED) is 0.296. The molecule has 0 bridgehead atoms. The maximum Gasteiger partial charge on any atom is 0.341 e. The van der Waals surface area contributed by atoms with Gasteiger partial charge in [0.05, 0.1) is 13.2 Å². The zero-order valence-corrected chi connectivity index (χ0v) is 15.4. The lowest BCUT2D eigenvalue weighted by molar-refractivity contribution is -0.137. The molecule has 5 heteroatoms. The summed E-state index contributed by atoms with van der Waals surface area (Å²) in [7, 11) is -0.485. The van der Waals surface area contributed by atoms with Gasteiger partial charge >= 0.3 is 5.97 Å². The maximum absolute atomic E-state index is 12.0. The Morgan fingerprint density at radius 1 is 1.36 bits per heavy atom. The number of Topliss-reactive ketones (excluding diaryl/α,β-unsaturated/α-hetero) is 1. The fourth-order valence-electron chi connectivity index (χ4n) is 2.78. The summed E-state index contributed by atoms with van der Waals surface area (Å²) in [6.07, 6.45) is 4.37. The largest absolute Gasteiger partial charge is 0.465 e. The molecular formula is C17H28O4Si. The smallest absolute Gasteiger partial charge is 0.341 e. The third kappa shape index (κ3) is 5.21. The minimum atomic E-state index is -1.80. The van der Waals surface area contributed by atoms with Gasteiger partial charge in [-0.3, -0.25) is 4.79 Å². The van der Waals surface area contributed by atoms with Crippen molar-refractivity contribution in [2.45, 2.75) is 58.4 Å². The van der Waals surface area contributed by atoms with Gasteiger partial charge in [-0.05, 0) is 50.4 Å². The van der Waals surface area contributed by atoms with E-state index >= 15 is 0 Å². The van der Waals surface area contributed by atoms with Gasteiger partial charge in [-0.2, -0.15) is 0 Å². The van der Waals surface area contributed by atoms with E-state index in [1.54, 1.807) is 0 Å². The average Bonchev–Trinajstić information content (AvgIpc) is 2.77. The monoisotopic (exact) mass is 324 g/mol. The lowest BCUT2D eigenvalue weighted by atomic mass is 9.94. The zero-order chi connectivity index (χ0) is 16.9. The van der Waals surface area contributed by atoms with Crippen LogP contribution in [0.1, 0.15) is 32.6 Å². The molecule has 0 radical (unpaired) electrons. The number of hydrogen-bond acceptors (Lipinski definition) is 4. The minimum Gasteiger partial charge on any atom is -0.465 e. The van der Waals surface area contributed by atoms with Gasteiger partial charge in [0.2, 0.25) is 0 Å². The Labute approximate surface area is 134 Å². The van der Waals surface area contributed by atoms with Crippen LogP contribution in [0.4, 0.5) is 0 Å². The lowest BCUT2D eigenvalue weighted by Crippen LogP contribution is -2.34. The van der Waals surface area contributed by atoms with E-state index in [9.17, 15) is 9.59 Å². The molecule has 1 aliphatic carbocycles. The van der Waals surface area contributed by atoms with Crippen LogP contribution in [0.5, 0.6) is 0 Å². The number of methoxy groups -OCH3 is 1. The van der Waals surface area contributed by atoms with E-state index < -0.39 is 14.3 Å². The van der Waals surface area contributed by atoms with Crippen molar-refractivity contribution >= 4 is 20.1 Å². The Balaban J connectivity index is 3.12. The second-order valence-corrected chi connectivity index (χ2v) is 11.4. The maximum atomic E-state index is 12.0. The molecule has 0 aromatic rings. The molecule has 22 heavy (non-hydrogen) atoms. The highest BCUT2D eigenvalue weighted by atomic mass is 28.4. The predicted molar refractivity (Wildman–Crippen MR) is 90.1 cm³/mol. The molecule has 0 unspecified atom stereocenters. The molecule has 0 N–H and O–H groups in total. The van der Waals surface area contributed by atoms with E-state index in [0.29, 0.717) is 18.8 Å². The van der Waals surface area contributed by atoms with Crippen LogP contribution in [0.15, 0.2) is 23.8 Å². The molecule has 0 fully saturated rings. The van der Waals surface area contributed by atoms with E-state index in [1.165, 1.54) is 7.11 Å². The summed E-state index contributed by atoms with van der Waals surface area (Å²) in [4.78, 5) is 24.0. The Kier molecular flexibility index (Phi) is 6.75. The lowest BCUT2D eigenvalue weighted by Gasteiger charge is -2.30. The molecule has 0 heterocycles. The fourth-order valence-corrected chi connectivity index (χ4v) is 3.87. The Hall–Kier alpha value is -1.20. The van der Waals surface area contributed by atoms with Crippen LogP contribution in [0.3, 0.4) is 0 Å². The first-order chi connectivity index (χ1) is 10.2. The van der Waals surface area contributed by atoms with Crippen LogP contribution >= 0.6 is 0 Å². The fraction of sp³-hybridized carbons (Fsp3) is 0.647. The molecule has 4 nitrogen and oxygen atoms in total. The highest BCUT2D eigenvalue weighted by Crippen LogP contribution is 2.33. The van der Waals surface area contributed by atoms with Gasteiger partial charge in [0.15, 0.2) is 14.1 Å². The van der Waals surface area contributed by atoms with Crippen LogP contribution in [-0.4, -0.2) is 33.3 Å². The van der Waals surface area contributed by atoms with Crippen LogP contribution in [0.2, 0.25) is 19.6 Å². The van der Waals surface area contributed by atoms with Crippen LogP contribution in [0.25, 0.3) is 0 Å². The van der Waals surface area contributed by atoms with E-state index in [2.05, 4.69) is 33.1 Å². The Morgan fingerprint density at radius 3 is 2.50 bits per heavy atom. The Bertz CT molecular complexity index is 474. The summed E-state index contributed by atoms with van der Waals surface area (Å²) in [6, 6.07) is 0. The van der Waals surface area contributed by atoms with Crippen LogP contribution in [0, 0.1) is 5.92 Å². The third-order valence-corrected chi connectivity index (χ3v) is 4.67. The number of esters is 1. The molecule has 0 amide bonds. The van der Waals surface area contributed by atoms with E-state index in [0.717, 1.165) is 18.4 Å². The summed E-state index contributed by atoms with van der Waals surface area (Å²) in [6.45, 7) is 12.3. The topological polar surface area (TPSA) is 52.6 Å². The van der Waals surface area contributed by atoms with Gasteiger partial charge in [-0.25, -0.2) is 4.79 Å². The summed E-state index contributed by atoms with van der Waals surface area (Å²) >= 11 is 0. The van der Waals surface area contributed by atoms with Crippen molar-refractivity contribution < 1.29 is 18.8 Å². The van der Waals surface area contributed by atoms with Gasteiger partial charge in [-0.1, -0.05) is 13.0 Å². The molecule has 2 atom stereocenters. The van der Waals surface area contributed by atoms with E-state index in [4.69, 9.17) is 9.16 Å². The number of ether oxygens (including phenoxy) is 1. The number of hydrogen-bond donors (Lipinski definition) is 0. The molecule has 124 valence electrons. The molecule has 0 aromatic heterocycles. The first-order valence-corrected chi connectivity index (χ1v) is 11.2. The molecule has 0 saturated carbocycles. The standard InChI is InChI=1S/C17H28O4Si/c1-7-8-12(2)11-15(21-22(4,5)6)13-9-10-14(18)16(13)17(19)20-3/h7,12,15H,1,8-11H2,2-6H3/t12-,15+/m0/s1. The summed E-state index contributed by atoms with van der Waals surface area (Å²) in [5, 5.41) is 0. The van der Waals surface area contributed by atoms with Crippen molar-refractivity contribution in [3.05, 3.63) is 23.8 Å². The number of carbonyl (C=O) groups is 2. The van der Waals surface area contributed by atoms with E-state index in [1.807, 2.05) is 6.08 Å². The zero-order valence-electron chi connectivity index (χ0n) is 14.4. The summed E-state index contributed by atoms with van der Waals surface area (Å²) < 4.78 is 11.1. The highest BCUT2D eigenvalue weighted by molar-refractivity contribution is 6.69. The van der Waals surface area contributed by atoms with Crippen LogP contribution < -0.4 is 0 Å². The highest BCUT2D eigenvalue weighted by Gasteiger charge is 2.36. The number of carbonyl (C=O) groups excluding carboxylic acids is 2. The molecule has 1 rings (SSSR count). The first-order valence-electron chi connectivity index (χ1n) is 7.82. The van der Waals surface area contributed by atoms with Crippen molar-refractivity contribution in [1.82, 2.24) is 0 Å². The third-order valence-electron chi connectivity index (χ3n) is 3.68. The predicted octanol–water partition coefficient (Wildman–Crippen LogP) is 3.64. The van der Waals surface area contributed by atoms with Gasteiger partial charge < -0.3 is 9.16 Å². The summed E-state index contributed by atoms with van der Waals surface area (Å²) in [5.41, 5.74) is 1.05. The second kappa shape index (κ2) is 7.88. The van der Waals surface area contributed by atoms with Gasteiger partial charge in [-0.15, -0.1) is 6.58 Å². The molecule has 0 aromatic carbocycles. The Morgan fingerprint density at radius 2 is 2.00 bits per heavy atom. The SMILES string of the molecule is C=CC[C@H](C)C[C@@H](O[Si](C)(C)C)C1=C(C(=O)OC)C(=O)CC1. The molecule has 0 saturated heterocycles. The second-order valence-electron chi connectivity index (χ2n) is 6.90. The normalized spacial score (nSPS) is 18.3. The van der Waals surface area contributed by atoms with Gasteiger partial charge in [0.25, 0.3) is 0 Å². The summed E-state index contributed by atoms with van der Waals surface area (Å²) in [5.74, 6) is -0.263. The van der Waals surface area contributed by atoms with Gasteiger partial charge in [0, 0.05) is 6.42 Å². The van der Waals surface area contributed by atoms with E-state index in [-0.39, 0.29) is 17.5 Å². The minimum absolute atomic E-state index is 0.123. The van der Waals surface area contributed by atoms with Crippen molar-refractivity contribution in [2.75, 3.05) is 7.11 Å². The van der Waals surface area contributed by atoms with Crippen molar-refractivity contribution in [3.8, 4) is 0 Å². The number of ketones is 1. The van der Waals surface area contributed by atoms with Crippen molar-refractivity contribution in [1.29, 1.82) is 0 Å². The van der Waals surface area contributed by atoms with Crippen molar-refractivity contribution in [3.63, 3.8) is 0 Å². The molecule has 0 aliphatic heterocycles. The number of allylic oxidation sites excluding steroid dienone is 1. The van der Waals surface area contributed by atoms with Crippen molar-refractivity contribution in [2.24, 2.45) is 5.92 Å². The molecule has 1 aliphatic rings. The van der Waals surface area contributed by atoms with Crippen LogP contribution in [-0.2, 0) is 18.8 Å². The number of rotatable bonds is 8. The molecule has 0 spiro atoms. The first kappa shape index (κ1) is 18.8. The van der Waals surface area contributed by atoms with Gasteiger partial charge in [0.1, 0.15) is 5.57 Å². The molecular weight excluding hydrogens is 296 g/mol. The average molecular weight is 324 g/mol.